The van der Waals surface area contributed by atoms with Crippen LogP contribution in [0.4, 0.5) is 0 Å². The van der Waals surface area contributed by atoms with Gasteiger partial charge in [0.25, 0.3) is 0 Å². The summed E-state index contributed by atoms with van der Waals surface area (Å²) in [5.74, 6) is 0.642. The fourth-order valence-electron chi connectivity index (χ4n) is 4.32. The average Bonchev–Trinajstić information content (AvgIpc) is 2.52. The van der Waals surface area contributed by atoms with Gasteiger partial charge in [0, 0.05) is 32.2 Å². The second kappa shape index (κ2) is 9.74. The first-order valence-corrected chi connectivity index (χ1v) is 9.22. The van der Waals surface area contributed by atoms with Gasteiger partial charge in [-0.2, -0.15) is 0 Å². The van der Waals surface area contributed by atoms with Gasteiger partial charge < -0.3 is 10.0 Å². The summed E-state index contributed by atoms with van der Waals surface area (Å²) in [6.07, 6.45) is 3.06. The van der Waals surface area contributed by atoms with Crippen molar-refractivity contribution in [2.45, 2.75) is 52.1 Å². The van der Waals surface area contributed by atoms with Gasteiger partial charge in [-0.3, -0.25) is 19.4 Å². The van der Waals surface area contributed by atoms with Crippen LogP contribution in [0.25, 0.3) is 0 Å². The Labute approximate surface area is 157 Å². The summed E-state index contributed by atoms with van der Waals surface area (Å²) in [5.41, 5.74) is 0. The molecule has 0 aromatic rings. The number of hydrogen-bond acceptors (Lipinski definition) is 4. The molecule has 1 amide bonds. The van der Waals surface area contributed by atoms with E-state index >= 15 is 0 Å². The second-order valence-corrected chi connectivity index (χ2v) is 7.94. The highest BCUT2D eigenvalue weighted by Crippen LogP contribution is 2.23. The maximum atomic E-state index is 12.8. The normalized spacial score (nSPS) is 27.0. The van der Waals surface area contributed by atoms with Gasteiger partial charge in [0.2, 0.25) is 5.91 Å². The summed E-state index contributed by atoms with van der Waals surface area (Å²) >= 11 is 0. The molecule has 0 spiro atoms. The molecule has 0 bridgehead atoms. The van der Waals surface area contributed by atoms with Crippen molar-refractivity contribution in [3.8, 4) is 0 Å². The van der Waals surface area contributed by atoms with Gasteiger partial charge in [0.05, 0.1) is 12.6 Å². The smallest absolute Gasteiger partial charge is 0.317 e. The fourth-order valence-corrected chi connectivity index (χ4v) is 4.32. The van der Waals surface area contributed by atoms with Gasteiger partial charge in [0.15, 0.2) is 0 Å². The lowest BCUT2D eigenvalue weighted by Gasteiger charge is -2.41. The number of carbonyl (C=O) groups excluding carboxylic acids is 1. The maximum absolute atomic E-state index is 12.8. The molecule has 0 aliphatic carbocycles. The number of carboxylic acids is 1. The molecule has 0 aromatic carbocycles. The first-order chi connectivity index (χ1) is 11.3. The summed E-state index contributed by atoms with van der Waals surface area (Å²) in [5, 5.41) is 8.91. The van der Waals surface area contributed by atoms with Crippen LogP contribution in [0.15, 0.2) is 0 Å². The van der Waals surface area contributed by atoms with Crippen LogP contribution in [0.2, 0.25) is 0 Å². The molecule has 6 nitrogen and oxygen atoms in total. The van der Waals surface area contributed by atoms with Crippen molar-refractivity contribution >= 4 is 24.3 Å². The van der Waals surface area contributed by atoms with E-state index in [1.165, 1.54) is 6.42 Å². The Morgan fingerprint density at radius 2 is 1.68 bits per heavy atom. The predicted molar refractivity (Wildman–Crippen MR) is 101 cm³/mol. The lowest BCUT2D eigenvalue weighted by Crippen LogP contribution is -2.54. The highest BCUT2D eigenvalue weighted by molar-refractivity contribution is 5.85. The summed E-state index contributed by atoms with van der Waals surface area (Å²) in [6.45, 7) is 10.0. The van der Waals surface area contributed by atoms with Crippen LogP contribution in [-0.4, -0.2) is 83.5 Å². The molecule has 25 heavy (non-hydrogen) atoms. The largest absolute Gasteiger partial charge is 0.480 e. The molecule has 2 aliphatic rings. The molecular formula is C18H34ClN3O3. The number of likely N-dealkylation sites (N-methyl/N-ethyl adjacent to an activating group) is 1. The Kier molecular flexibility index (Phi) is 8.64. The van der Waals surface area contributed by atoms with E-state index in [-0.39, 0.29) is 30.9 Å². The molecular weight excluding hydrogens is 342 g/mol. The molecule has 2 aliphatic heterocycles. The lowest BCUT2D eigenvalue weighted by molar-refractivity contribution is -0.140. The molecule has 2 heterocycles. The molecule has 2 saturated heterocycles. The van der Waals surface area contributed by atoms with Gasteiger partial charge in [0.1, 0.15) is 0 Å². The third-order valence-corrected chi connectivity index (χ3v) is 5.59. The molecule has 2 rings (SSSR count). The van der Waals surface area contributed by atoms with Gasteiger partial charge >= 0.3 is 5.97 Å². The molecule has 1 N–H and O–H groups in total. The van der Waals surface area contributed by atoms with Crippen LogP contribution in [0, 0.1) is 11.8 Å². The van der Waals surface area contributed by atoms with Crippen molar-refractivity contribution in [1.29, 1.82) is 0 Å². The van der Waals surface area contributed by atoms with Crippen molar-refractivity contribution in [2.24, 2.45) is 11.8 Å². The van der Waals surface area contributed by atoms with Crippen molar-refractivity contribution in [2.75, 3.05) is 39.8 Å². The number of carboxylic acid groups (broad SMARTS) is 1. The average molecular weight is 376 g/mol. The number of halogens is 1. The zero-order valence-corrected chi connectivity index (χ0v) is 16.8. The number of amides is 1. The maximum Gasteiger partial charge on any atom is 0.317 e. The summed E-state index contributed by atoms with van der Waals surface area (Å²) < 4.78 is 0. The zero-order valence-electron chi connectivity index (χ0n) is 16.0. The molecule has 2 fully saturated rings. The van der Waals surface area contributed by atoms with Gasteiger partial charge in [-0.1, -0.05) is 13.8 Å². The van der Waals surface area contributed by atoms with Crippen LogP contribution in [0.3, 0.4) is 0 Å². The third-order valence-electron chi connectivity index (χ3n) is 5.59. The SMILES string of the molecule is CC1CC(C)CN(C(=O)C(C)N2CCC(N(C)CC(=O)O)CC2)C1.Cl. The van der Waals surface area contributed by atoms with E-state index in [4.69, 9.17) is 5.11 Å². The Balaban J connectivity index is 0.00000312. The number of piperidine rings is 2. The van der Waals surface area contributed by atoms with Crippen molar-refractivity contribution in [1.82, 2.24) is 14.7 Å². The van der Waals surface area contributed by atoms with Crippen LogP contribution >= 0.6 is 12.4 Å². The van der Waals surface area contributed by atoms with Gasteiger partial charge in [-0.25, -0.2) is 0 Å². The van der Waals surface area contributed by atoms with Crippen molar-refractivity contribution in [3.05, 3.63) is 0 Å². The number of aliphatic carboxylic acids is 1. The van der Waals surface area contributed by atoms with E-state index in [1.807, 2.05) is 23.8 Å². The number of carbonyl (C=O) groups is 2. The molecule has 0 saturated carbocycles. The number of hydrogen-bond donors (Lipinski definition) is 1. The highest BCUT2D eigenvalue weighted by atomic mass is 35.5. The highest BCUT2D eigenvalue weighted by Gasteiger charge is 2.33. The van der Waals surface area contributed by atoms with Crippen LogP contribution < -0.4 is 0 Å². The number of rotatable bonds is 5. The topological polar surface area (TPSA) is 64.1 Å². The predicted octanol–water partition coefficient (Wildman–Crippen LogP) is 1.78. The van der Waals surface area contributed by atoms with Crippen LogP contribution in [0.5, 0.6) is 0 Å². The third kappa shape index (κ3) is 6.12. The quantitative estimate of drug-likeness (QED) is 0.793. The molecule has 3 unspecified atom stereocenters. The zero-order chi connectivity index (χ0) is 17.9. The molecule has 146 valence electrons. The minimum absolute atomic E-state index is 0. The Bertz CT molecular complexity index is 445. The first kappa shape index (κ1) is 22.2. The molecule has 0 radical (unpaired) electrons. The summed E-state index contributed by atoms with van der Waals surface area (Å²) in [6, 6.07) is 0.225. The Morgan fingerprint density at radius 1 is 1.16 bits per heavy atom. The summed E-state index contributed by atoms with van der Waals surface area (Å²) in [4.78, 5) is 29.9. The molecule has 7 heteroatoms. The van der Waals surface area contributed by atoms with E-state index in [0.717, 1.165) is 39.0 Å². The van der Waals surface area contributed by atoms with E-state index in [1.54, 1.807) is 0 Å². The number of nitrogens with zero attached hydrogens (tertiary/aromatic N) is 3. The fraction of sp³-hybridized carbons (Fsp3) is 0.889. The van der Waals surface area contributed by atoms with Crippen molar-refractivity contribution < 1.29 is 14.7 Å². The van der Waals surface area contributed by atoms with E-state index in [2.05, 4.69) is 18.7 Å². The van der Waals surface area contributed by atoms with Crippen LogP contribution in [-0.2, 0) is 9.59 Å². The first-order valence-electron chi connectivity index (χ1n) is 9.22. The number of likely N-dealkylation sites (tertiary alicyclic amines) is 2. The van der Waals surface area contributed by atoms with Crippen molar-refractivity contribution in [3.63, 3.8) is 0 Å². The van der Waals surface area contributed by atoms with Gasteiger partial charge in [-0.15, -0.1) is 12.4 Å². The monoisotopic (exact) mass is 375 g/mol. The van der Waals surface area contributed by atoms with E-state index in [0.29, 0.717) is 17.9 Å². The second-order valence-electron chi connectivity index (χ2n) is 7.94. The van der Waals surface area contributed by atoms with Gasteiger partial charge in [-0.05, 0) is 45.1 Å². The molecule has 3 atom stereocenters. The Hall–Kier alpha value is -0.850. The Morgan fingerprint density at radius 3 is 2.16 bits per heavy atom. The standard InChI is InChI=1S/C18H33N3O3.ClH/c1-13-9-14(2)11-21(10-13)18(24)15(3)20-7-5-16(6-8-20)19(4)12-17(22)23;/h13-16H,5-12H2,1-4H3,(H,22,23);1H. The minimum Gasteiger partial charge on any atom is -0.480 e. The lowest BCUT2D eigenvalue weighted by atomic mass is 9.91. The van der Waals surface area contributed by atoms with E-state index in [9.17, 15) is 9.59 Å². The van der Waals surface area contributed by atoms with Crippen LogP contribution in [0.1, 0.15) is 40.0 Å². The van der Waals surface area contributed by atoms with E-state index < -0.39 is 5.97 Å². The minimum atomic E-state index is -0.781. The molecule has 0 aromatic heterocycles. The summed E-state index contributed by atoms with van der Waals surface area (Å²) in [7, 11) is 1.87.